The predicted molar refractivity (Wildman–Crippen MR) is 71.4 cm³/mol. The Balaban J connectivity index is 1.96. The molecule has 2 heteroatoms. The Morgan fingerprint density at radius 2 is 1.71 bits per heavy atom. The van der Waals surface area contributed by atoms with E-state index in [0.717, 1.165) is 6.04 Å². The van der Waals surface area contributed by atoms with Crippen LogP contribution in [0.15, 0.2) is 24.3 Å². The minimum absolute atomic E-state index is 0.366. The van der Waals surface area contributed by atoms with Crippen molar-refractivity contribution in [3.05, 3.63) is 29.8 Å². The number of nitrogens with zero attached hydrogens (tertiary/aromatic N) is 1. The molecule has 1 aromatic carbocycles. The average molecular weight is 233 g/mol. The summed E-state index contributed by atoms with van der Waals surface area (Å²) in [6.07, 6.45) is 3.75. The Kier molecular flexibility index (Phi) is 4.06. The van der Waals surface area contributed by atoms with Gasteiger partial charge < -0.3 is 5.11 Å². The minimum Gasteiger partial charge on any atom is -0.508 e. The predicted octanol–water partition coefficient (Wildman–Crippen LogP) is 3.37. The summed E-state index contributed by atoms with van der Waals surface area (Å²) in [5.41, 5.74) is 1.38. The quantitative estimate of drug-likeness (QED) is 0.814. The van der Waals surface area contributed by atoms with Gasteiger partial charge in [-0.3, -0.25) is 4.90 Å². The summed E-state index contributed by atoms with van der Waals surface area (Å²) < 4.78 is 0. The molecule has 1 fully saturated rings. The van der Waals surface area contributed by atoms with Gasteiger partial charge >= 0.3 is 0 Å². The highest BCUT2D eigenvalue weighted by molar-refractivity contribution is 5.33. The molecule has 2 nitrogen and oxygen atoms in total. The summed E-state index contributed by atoms with van der Waals surface area (Å²) in [7, 11) is 0. The lowest BCUT2D eigenvalue weighted by molar-refractivity contribution is 0.260. The van der Waals surface area contributed by atoms with Crippen LogP contribution in [-0.2, 0) is 0 Å². The van der Waals surface area contributed by atoms with Gasteiger partial charge in [0.05, 0.1) is 0 Å². The molecule has 1 aliphatic rings. The molecular weight excluding hydrogens is 210 g/mol. The Morgan fingerprint density at radius 3 is 2.24 bits per heavy atom. The van der Waals surface area contributed by atoms with E-state index in [9.17, 15) is 5.11 Å². The van der Waals surface area contributed by atoms with E-state index in [4.69, 9.17) is 0 Å². The number of benzene rings is 1. The van der Waals surface area contributed by atoms with Crippen molar-refractivity contribution in [2.45, 2.75) is 45.1 Å². The number of phenols is 1. The van der Waals surface area contributed by atoms with Gasteiger partial charge in [-0.25, -0.2) is 0 Å². The molecule has 0 aromatic heterocycles. The van der Waals surface area contributed by atoms with Crippen LogP contribution in [0.4, 0.5) is 0 Å². The van der Waals surface area contributed by atoms with Crippen molar-refractivity contribution in [3.8, 4) is 5.75 Å². The lowest BCUT2D eigenvalue weighted by atomic mass is 10.1. The lowest BCUT2D eigenvalue weighted by Gasteiger charge is -2.21. The SMILES string of the molecule is CCCN(CCC)[C@@H]1C[C@H]1c1ccc(O)cc1. The van der Waals surface area contributed by atoms with Crippen LogP contribution < -0.4 is 0 Å². The molecule has 2 rings (SSSR count). The molecular formula is C15H23NO. The largest absolute Gasteiger partial charge is 0.508 e. The third kappa shape index (κ3) is 3.01. The average Bonchev–Trinajstić information content (AvgIpc) is 3.10. The minimum atomic E-state index is 0.366. The molecule has 0 radical (unpaired) electrons. The fourth-order valence-electron chi connectivity index (χ4n) is 2.68. The molecule has 0 spiro atoms. The molecule has 0 bridgehead atoms. The first-order chi connectivity index (χ1) is 8.26. The van der Waals surface area contributed by atoms with Crippen LogP contribution in [0, 0.1) is 0 Å². The van der Waals surface area contributed by atoms with E-state index in [1.54, 1.807) is 12.1 Å². The van der Waals surface area contributed by atoms with Crippen molar-refractivity contribution in [1.82, 2.24) is 4.90 Å². The first-order valence-electron chi connectivity index (χ1n) is 6.79. The highest BCUT2D eigenvalue weighted by Crippen LogP contribution is 2.45. The van der Waals surface area contributed by atoms with Crippen molar-refractivity contribution in [1.29, 1.82) is 0 Å². The van der Waals surface area contributed by atoms with Gasteiger partial charge in [-0.15, -0.1) is 0 Å². The maximum absolute atomic E-state index is 9.29. The summed E-state index contributed by atoms with van der Waals surface area (Å²) in [5, 5.41) is 9.29. The van der Waals surface area contributed by atoms with E-state index in [0.29, 0.717) is 11.7 Å². The van der Waals surface area contributed by atoms with Crippen LogP contribution in [0.2, 0.25) is 0 Å². The monoisotopic (exact) mass is 233 g/mol. The second-order valence-corrected chi connectivity index (χ2v) is 5.04. The van der Waals surface area contributed by atoms with E-state index < -0.39 is 0 Å². The zero-order valence-electron chi connectivity index (χ0n) is 10.9. The molecule has 1 N–H and O–H groups in total. The summed E-state index contributed by atoms with van der Waals surface area (Å²) in [6, 6.07) is 8.47. The van der Waals surface area contributed by atoms with Crippen molar-refractivity contribution < 1.29 is 5.11 Å². The molecule has 1 aromatic rings. The van der Waals surface area contributed by atoms with Gasteiger partial charge in [-0.1, -0.05) is 26.0 Å². The molecule has 0 heterocycles. The summed E-state index contributed by atoms with van der Waals surface area (Å²) in [4.78, 5) is 2.62. The Hall–Kier alpha value is -1.02. The Morgan fingerprint density at radius 1 is 1.12 bits per heavy atom. The summed E-state index contributed by atoms with van der Waals surface area (Å²) >= 11 is 0. The van der Waals surface area contributed by atoms with E-state index in [2.05, 4.69) is 30.9 Å². The lowest BCUT2D eigenvalue weighted by Crippen LogP contribution is -2.28. The van der Waals surface area contributed by atoms with Gasteiger partial charge in [-0.05, 0) is 50.0 Å². The summed E-state index contributed by atoms with van der Waals surface area (Å²) in [5.74, 6) is 1.05. The van der Waals surface area contributed by atoms with Gasteiger partial charge in [0, 0.05) is 12.0 Å². The molecule has 1 saturated carbocycles. The molecule has 0 aliphatic heterocycles. The van der Waals surface area contributed by atoms with E-state index in [1.165, 1.54) is 37.9 Å². The van der Waals surface area contributed by atoms with Crippen LogP contribution in [0.3, 0.4) is 0 Å². The second kappa shape index (κ2) is 5.54. The first kappa shape index (κ1) is 12.4. The van der Waals surface area contributed by atoms with Crippen LogP contribution in [0.25, 0.3) is 0 Å². The third-order valence-corrected chi connectivity index (χ3v) is 3.57. The topological polar surface area (TPSA) is 23.5 Å². The number of rotatable bonds is 6. The van der Waals surface area contributed by atoms with Crippen molar-refractivity contribution in [2.24, 2.45) is 0 Å². The fraction of sp³-hybridized carbons (Fsp3) is 0.600. The van der Waals surface area contributed by atoms with E-state index >= 15 is 0 Å². The standard InChI is InChI=1S/C15H23NO/c1-3-9-16(10-4-2)15-11-14(15)12-5-7-13(17)8-6-12/h5-8,14-15,17H,3-4,9-11H2,1-2H3/t14-,15+/m0/s1. The van der Waals surface area contributed by atoms with Crippen molar-refractivity contribution in [2.75, 3.05) is 13.1 Å². The molecule has 0 amide bonds. The number of phenolic OH excluding ortho intramolecular Hbond substituents is 1. The molecule has 17 heavy (non-hydrogen) atoms. The van der Waals surface area contributed by atoms with E-state index in [1.807, 2.05) is 0 Å². The number of hydrogen-bond acceptors (Lipinski definition) is 2. The second-order valence-electron chi connectivity index (χ2n) is 5.04. The van der Waals surface area contributed by atoms with Gasteiger partial charge in [-0.2, -0.15) is 0 Å². The van der Waals surface area contributed by atoms with Crippen LogP contribution in [-0.4, -0.2) is 29.1 Å². The third-order valence-electron chi connectivity index (χ3n) is 3.57. The van der Waals surface area contributed by atoms with Crippen molar-refractivity contribution >= 4 is 0 Å². The smallest absolute Gasteiger partial charge is 0.115 e. The number of hydrogen-bond donors (Lipinski definition) is 1. The maximum Gasteiger partial charge on any atom is 0.115 e. The zero-order valence-corrected chi connectivity index (χ0v) is 10.9. The van der Waals surface area contributed by atoms with Gasteiger partial charge in [0.25, 0.3) is 0 Å². The molecule has 1 aliphatic carbocycles. The molecule has 0 saturated heterocycles. The van der Waals surface area contributed by atoms with Crippen LogP contribution in [0.1, 0.15) is 44.6 Å². The Labute approximate surface area is 104 Å². The highest BCUT2D eigenvalue weighted by atomic mass is 16.3. The van der Waals surface area contributed by atoms with Crippen LogP contribution in [0.5, 0.6) is 5.75 Å². The molecule has 0 unspecified atom stereocenters. The van der Waals surface area contributed by atoms with Gasteiger partial charge in [0.2, 0.25) is 0 Å². The normalized spacial score (nSPS) is 23.0. The van der Waals surface area contributed by atoms with E-state index in [-0.39, 0.29) is 0 Å². The Bertz CT molecular complexity index is 340. The molecule has 94 valence electrons. The van der Waals surface area contributed by atoms with Crippen molar-refractivity contribution in [3.63, 3.8) is 0 Å². The van der Waals surface area contributed by atoms with Gasteiger partial charge in [0.1, 0.15) is 5.75 Å². The van der Waals surface area contributed by atoms with Crippen LogP contribution >= 0.6 is 0 Å². The zero-order chi connectivity index (χ0) is 12.3. The highest BCUT2D eigenvalue weighted by Gasteiger charge is 2.41. The first-order valence-corrected chi connectivity index (χ1v) is 6.79. The summed E-state index contributed by atoms with van der Waals surface area (Å²) in [6.45, 7) is 6.93. The maximum atomic E-state index is 9.29. The van der Waals surface area contributed by atoms with Gasteiger partial charge in [0.15, 0.2) is 0 Å². The molecule has 2 atom stereocenters. The number of aromatic hydroxyl groups is 1. The fourth-order valence-corrected chi connectivity index (χ4v) is 2.68.